The van der Waals surface area contributed by atoms with E-state index in [-0.39, 0.29) is 12.4 Å². The average Bonchev–Trinajstić information content (AvgIpc) is 1.83. The summed E-state index contributed by atoms with van der Waals surface area (Å²) in [7, 11) is 1.09. The third-order valence-electron chi connectivity index (χ3n) is 0.455. The van der Waals surface area contributed by atoms with Crippen LogP contribution in [-0.4, -0.2) is 19.1 Å². The van der Waals surface area contributed by atoms with Crippen LogP contribution in [0, 0.1) is 0 Å². The highest BCUT2D eigenvalue weighted by atomic mass is 35.5. The second kappa shape index (κ2) is 4.87. The van der Waals surface area contributed by atoms with Gasteiger partial charge in [-0.2, -0.15) is 0 Å². The Bertz CT molecular complexity index is 138. The van der Waals surface area contributed by atoms with Crippen LogP contribution in [0.15, 0.2) is 0 Å². The topological polar surface area (TPSA) is 52.3 Å². The summed E-state index contributed by atoms with van der Waals surface area (Å²) in [6, 6.07) is -1.53. The van der Waals surface area contributed by atoms with Crippen LogP contribution in [0.4, 0.5) is 0 Å². The van der Waals surface area contributed by atoms with Gasteiger partial charge in [0.2, 0.25) is 0 Å². The van der Waals surface area contributed by atoms with Crippen LogP contribution < -0.4 is 5.73 Å². The summed E-state index contributed by atoms with van der Waals surface area (Å²) < 4.78 is 24.2. The number of rotatable bonds is 1. The van der Waals surface area contributed by atoms with Crippen LogP contribution in [0.25, 0.3) is 0 Å². The number of nitrogens with two attached hydrogens (primary N) is 1. The summed E-state index contributed by atoms with van der Waals surface area (Å²) in [4.78, 5) is 10.5. The van der Waals surface area contributed by atoms with Crippen molar-refractivity contribution >= 4 is 18.4 Å². The molecule has 0 aromatic carbocycles. The van der Waals surface area contributed by atoms with Crippen LogP contribution >= 0.6 is 12.4 Å². The van der Waals surface area contributed by atoms with E-state index in [1.165, 1.54) is 0 Å². The fraction of sp³-hybridized carbons (Fsp3) is 0.750. The van der Waals surface area contributed by atoms with E-state index < -0.39 is 18.9 Å². The van der Waals surface area contributed by atoms with Gasteiger partial charge in [0, 0.05) is 4.11 Å². The Morgan fingerprint density at radius 3 is 2.62 bits per heavy atom. The van der Waals surface area contributed by atoms with Gasteiger partial charge < -0.3 is 10.5 Å². The fourth-order valence-electron chi connectivity index (χ4n) is 0.127. The van der Waals surface area contributed by atoms with E-state index in [4.69, 9.17) is 9.85 Å². The van der Waals surface area contributed by atoms with Crippen molar-refractivity contribution in [2.75, 3.05) is 7.11 Å². The van der Waals surface area contributed by atoms with E-state index >= 15 is 0 Å². The molecule has 50 valence electrons. The minimum atomic E-state index is -2.47. The maximum Gasteiger partial charge on any atom is 0.322 e. The highest BCUT2D eigenvalue weighted by Gasteiger charge is 2.03. The Labute approximate surface area is 58.8 Å². The van der Waals surface area contributed by atoms with Crippen LogP contribution in [0.1, 0.15) is 11.0 Å². The van der Waals surface area contributed by atoms with Gasteiger partial charge in [-0.15, -0.1) is 12.4 Å². The lowest BCUT2D eigenvalue weighted by Crippen LogP contribution is -2.27. The van der Waals surface area contributed by atoms with Crippen LogP contribution in [0.3, 0.4) is 0 Å². The highest BCUT2D eigenvalue weighted by molar-refractivity contribution is 5.85. The van der Waals surface area contributed by atoms with Crippen molar-refractivity contribution in [3.05, 3.63) is 0 Å². The molecule has 0 aromatic heterocycles. The van der Waals surface area contributed by atoms with Crippen molar-refractivity contribution in [3.8, 4) is 0 Å². The van der Waals surface area contributed by atoms with Crippen molar-refractivity contribution in [2.45, 2.75) is 12.9 Å². The summed E-state index contributed by atoms with van der Waals surface area (Å²) >= 11 is 0. The van der Waals surface area contributed by atoms with Gasteiger partial charge in [0.25, 0.3) is 0 Å². The van der Waals surface area contributed by atoms with Gasteiger partial charge >= 0.3 is 5.97 Å². The van der Waals surface area contributed by atoms with E-state index in [9.17, 15) is 4.79 Å². The molecular formula is C4H10ClNO2. The molecule has 8 heavy (non-hydrogen) atoms. The molecule has 0 saturated heterocycles. The molecule has 0 bridgehead atoms. The Hall–Kier alpha value is -0.280. The van der Waals surface area contributed by atoms with Gasteiger partial charge in [0.1, 0.15) is 6.04 Å². The molecule has 0 saturated carbocycles. The lowest BCUT2D eigenvalue weighted by atomic mass is 10.4. The second-order valence-corrected chi connectivity index (χ2v) is 1.00. The predicted octanol–water partition coefficient (Wildman–Crippen LogP) is -0.0716. The summed E-state index contributed by atoms with van der Waals surface area (Å²) in [6.07, 6.45) is 0. The molecule has 0 aliphatic heterocycles. The van der Waals surface area contributed by atoms with Crippen LogP contribution in [-0.2, 0) is 9.53 Å². The number of halogens is 1. The first-order valence-corrected chi connectivity index (χ1v) is 1.73. The number of hydrogen-bond donors (Lipinski definition) is 1. The summed E-state index contributed by atoms with van der Waals surface area (Å²) in [5, 5.41) is 0. The Balaban J connectivity index is 0. The smallest absolute Gasteiger partial charge is 0.322 e. The molecule has 0 unspecified atom stereocenters. The van der Waals surface area contributed by atoms with E-state index in [2.05, 4.69) is 4.74 Å². The zero-order chi connectivity index (χ0) is 8.36. The van der Waals surface area contributed by atoms with Crippen molar-refractivity contribution in [1.29, 1.82) is 0 Å². The maximum atomic E-state index is 10.5. The van der Waals surface area contributed by atoms with Gasteiger partial charge in [-0.25, -0.2) is 0 Å². The first-order chi connectivity index (χ1) is 4.39. The summed E-state index contributed by atoms with van der Waals surface area (Å²) in [5.74, 6) is -0.917. The molecular weight excluding hydrogens is 130 g/mol. The first-order valence-electron chi connectivity index (χ1n) is 3.23. The fourth-order valence-corrected chi connectivity index (χ4v) is 0.127. The largest absolute Gasteiger partial charge is 0.468 e. The van der Waals surface area contributed by atoms with Crippen molar-refractivity contribution in [1.82, 2.24) is 0 Å². The lowest BCUT2D eigenvalue weighted by molar-refractivity contribution is -0.141. The van der Waals surface area contributed by atoms with Gasteiger partial charge in [-0.1, -0.05) is 0 Å². The van der Waals surface area contributed by atoms with Crippen molar-refractivity contribution in [2.24, 2.45) is 5.73 Å². The number of ether oxygens (including phenoxy) is 1. The van der Waals surface area contributed by atoms with E-state index in [1.807, 2.05) is 0 Å². The zero-order valence-corrected chi connectivity index (χ0v) is 5.20. The number of carbonyl (C=O) groups is 1. The standard InChI is InChI=1S/C4H9NO2.ClH/c1-3(5)4(6)7-2;/h3H,5H2,1-2H3;1H/t3-;/m0./s1/i1D3;. The summed E-state index contributed by atoms with van der Waals surface area (Å²) in [6.45, 7) is -2.47. The van der Waals surface area contributed by atoms with Gasteiger partial charge in [0.05, 0.1) is 7.11 Å². The Kier molecular flexibility index (Phi) is 2.79. The van der Waals surface area contributed by atoms with E-state index in [1.54, 1.807) is 0 Å². The molecule has 0 spiro atoms. The minimum Gasteiger partial charge on any atom is -0.468 e. The van der Waals surface area contributed by atoms with Gasteiger partial charge in [-0.05, 0) is 6.85 Å². The van der Waals surface area contributed by atoms with Crippen LogP contribution in [0.5, 0.6) is 0 Å². The SMILES string of the molecule is Cl.[2H]C([2H])([2H])[C@H](N)C(=O)OC. The molecule has 0 amide bonds. The highest BCUT2D eigenvalue weighted by Crippen LogP contribution is 1.76. The number of methoxy groups -OCH3 is 1. The van der Waals surface area contributed by atoms with E-state index in [0.29, 0.717) is 0 Å². The van der Waals surface area contributed by atoms with Gasteiger partial charge in [-0.3, -0.25) is 4.79 Å². The molecule has 0 rings (SSSR count). The quantitative estimate of drug-likeness (QED) is 0.522. The van der Waals surface area contributed by atoms with Crippen molar-refractivity contribution in [3.63, 3.8) is 0 Å². The molecule has 0 fully saturated rings. The molecule has 4 heteroatoms. The molecule has 0 aliphatic rings. The molecule has 2 N–H and O–H groups in total. The molecule has 0 radical (unpaired) electrons. The molecule has 0 heterocycles. The Morgan fingerprint density at radius 2 is 2.50 bits per heavy atom. The monoisotopic (exact) mass is 142 g/mol. The average molecular weight is 143 g/mol. The normalized spacial score (nSPS) is 18.5. The number of esters is 1. The second-order valence-electron chi connectivity index (χ2n) is 1.00. The minimum absolute atomic E-state index is 0. The molecule has 0 aromatic rings. The van der Waals surface area contributed by atoms with Crippen molar-refractivity contribution < 1.29 is 13.6 Å². The molecule has 1 atom stereocenters. The summed E-state index contributed by atoms with van der Waals surface area (Å²) in [5.41, 5.74) is 4.97. The predicted molar refractivity (Wildman–Crippen MR) is 32.9 cm³/mol. The number of carbonyl (C=O) groups excluding carboxylic acids is 1. The van der Waals surface area contributed by atoms with E-state index in [0.717, 1.165) is 7.11 Å². The first kappa shape index (κ1) is 4.58. The maximum absolute atomic E-state index is 10.5. The number of hydrogen-bond acceptors (Lipinski definition) is 3. The van der Waals surface area contributed by atoms with Gasteiger partial charge in [0.15, 0.2) is 0 Å². The molecule has 3 nitrogen and oxygen atoms in total. The van der Waals surface area contributed by atoms with Crippen LogP contribution in [0.2, 0.25) is 0 Å². The molecule has 0 aliphatic carbocycles. The Morgan fingerprint density at radius 1 is 2.00 bits per heavy atom. The lowest BCUT2D eigenvalue weighted by Gasteiger charge is -1.98. The third kappa shape index (κ3) is 3.89. The third-order valence-corrected chi connectivity index (χ3v) is 0.455. The zero-order valence-electron chi connectivity index (χ0n) is 7.38.